The largest absolute Gasteiger partial charge is 0.333 e. The van der Waals surface area contributed by atoms with Crippen LogP contribution < -0.4 is 4.72 Å². The topological polar surface area (TPSA) is 64.0 Å². The van der Waals surface area contributed by atoms with Gasteiger partial charge in [-0.15, -0.1) is 0 Å². The standard InChI is InChI=1S/C17H23N3O2S/c1-13(15-6-4-3-5-7-15)12-23(21,22)19-16-8-9-17-18-14(2)10-20(17)11-16/h3-7,10,13,16,19H,8-9,11-12H2,1-2H3/t13-,16-/m1/s1. The lowest BCUT2D eigenvalue weighted by molar-refractivity contribution is 0.420. The summed E-state index contributed by atoms with van der Waals surface area (Å²) >= 11 is 0. The fraction of sp³-hybridized carbons (Fsp3) is 0.471. The summed E-state index contributed by atoms with van der Waals surface area (Å²) in [6.45, 7) is 4.58. The van der Waals surface area contributed by atoms with Crippen LogP contribution in [0, 0.1) is 6.92 Å². The van der Waals surface area contributed by atoms with Crippen molar-refractivity contribution in [2.24, 2.45) is 0 Å². The van der Waals surface area contributed by atoms with Crippen LogP contribution in [-0.2, 0) is 23.0 Å². The van der Waals surface area contributed by atoms with Gasteiger partial charge in [0.25, 0.3) is 0 Å². The molecule has 0 fully saturated rings. The lowest BCUT2D eigenvalue weighted by atomic mass is 10.0. The molecule has 2 aromatic rings. The average molecular weight is 333 g/mol. The number of sulfonamides is 1. The molecule has 1 aliphatic rings. The number of aryl methyl sites for hydroxylation is 2. The average Bonchev–Trinajstić information content (AvgIpc) is 2.86. The van der Waals surface area contributed by atoms with Crippen LogP contribution in [0.3, 0.4) is 0 Å². The zero-order chi connectivity index (χ0) is 16.4. The quantitative estimate of drug-likeness (QED) is 0.912. The van der Waals surface area contributed by atoms with E-state index in [0.717, 1.165) is 29.9 Å². The van der Waals surface area contributed by atoms with Crippen molar-refractivity contribution in [1.82, 2.24) is 14.3 Å². The first kappa shape index (κ1) is 16.2. The second kappa shape index (κ2) is 6.45. The molecule has 3 rings (SSSR count). The number of hydrogen-bond acceptors (Lipinski definition) is 3. The minimum atomic E-state index is -3.31. The number of fused-ring (bicyclic) bond motifs is 1. The highest BCUT2D eigenvalue weighted by Crippen LogP contribution is 2.19. The smallest absolute Gasteiger partial charge is 0.212 e. The van der Waals surface area contributed by atoms with E-state index >= 15 is 0 Å². The predicted molar refractivity (Wildman–Crippen MR) is 90.9 cm³/mol. The molecule has 1 N–H and O–H groups in total. The molecule has 0 aliphatic carbocycles. The first-order valence-corrected chi connectivity index (χ1v) is 9.66. The molecular formula is C17H23N3O2S. The molecule has 0 spiro atoms. The van der Waals surface area contributed by atoms with E-state index in [1.807, 2.05) is 50.4 Å². The summed E-state index contributed by atoms with van der Waals surface area (Å²) < 4.78 is 29.9. The molecule has 0 unspecified atom stereocenters. The molecule has 2 heterocycles. The molecule has 5 nitrogen and oxygen atoms in total. The summed E-state index contributed by atoms with van der Waals surface area (Å²) in [5, 5.41) is 0. The molecule has 0 amide bonds. The van der Waals surface area contributed by atoms with Gasteiger partial charge in [0.15, 0.2) is 0 Å². The summed E-state index contributed by atoms with van der Waals surface area (Å²) in [4.78, 5) is 4.46. The SMILES string of the molecule is Cc1cn2c(n1)CC[C@@H](NS(=O)(=O)C[C@@H](C)c1ccccc1)C2. The lowest BCUT2D eigenvalue weighted by Gasteiger charge is -2.25. The van der Waals surface area contributed by atoms with Gasteiger partial charge in [0, 0.05) is 25.2 Å². The van der Waals surface area contributed by atoms with Gasteiger partial charge in [0.05, 0.1) is 11.4 Å². The number of nitrogens with one attached hydrogen (secondary N) is 1. The molecule has 0 saturated carbocycles. The molecular weight excluding hydrogens is 310 g/mol. The fourth-order valence-corrected chi connectivity index (χ4v) is 4.84. The van der Waals surface area contributed by atoms with Crippen LogP contribution in [0.1, 0.15) is 36.3 Å². The third-order valence-electron chi connectivity index (χ3n) is 4.30. The van der Waals surface area contributed by atoms with Gasteiger partial charge in [0.1, 0.15) is 5.82 Å². The van der Waals surface area contributed by atoms with Gasteiger partial charge in [-0.05, 0) is 24.8 Å². The second-order valence-corrected chi connectivity index (χ2v) is 8.20. The molecule has 1 aromatic heterocycles. The highest BCUT2D eigenvalue weighted by molar-refractivity contribution is 7.89. The Morgan fingerprint density at radius 2 is 2.09 bits per heavy atom. The number of rotatable bonds is 5. The lowest BCUT2D eigenvalue weighted by Crippen LogP contribution is -2.42. The van der Waals surface area contributed by atoms with Crippen molar-refractivity contribution in [3.63, 3.8) is 0 Å². The van der Waals surface area contributed by atoms with Gasteiger partial charge in [-0.2, -0.15) is 0 Å². The molecule has 0 bridgehead atoms. The van der Waals surface area contributed by atoms with E-state index in [1.165, 1.54) is 0 Å². The maximum atomic E-state index is 12.5. The third kappa shape index (κ3) is 4.00. The minimum absolute atomic E-state index is 0.0247. The van der Waals surface area contributed by atoms with Crippen molar-refractivity contribution in [3.8, 4) is 0 Å². The predicted octanol–water partition coefficient (Wildman–Crippen LogP) is 2.23. The van der Waals surface area contributed by atoms with Crippen molar-refractivity contribution in [2.45, 2.75) is 45.2 Å². The Morgan fingerprint density at radius 3 is 2.83 bits per heavy atom. The fourth-order valence-electron chi connectivity index (χ4n) is 3.19. The van der Waals surface area contributed by atoms with Gasteiger partial charge in [-0.3, -0.25) is 0 Å². The molecule has 0 radical (unpaired) electrons. The van der Waals surface area contributed by atoms with Crippen LogP contribution in [0.15, 0.2) is 36.5 Å². The van der Waals surface area contributed by atoms with E-state index in [9.17, 15) is 8.42 Å². The van der Waals surface area contributed by atoms with Crippen LogP contribution in [0.25, 0.3) is 0 Å². The van der Waals surface area contributed by atoms with Crippen LogP contribution in [0.5, 0.6) is 0 Å². The van der Waals surface area contributed by atoms with Crippen molar-refractivity contribution in [2.75, 3.05) is 5.75 Å². The highest BCUT2D eigenvalue weighted by atomic mass is 32.2. The van der Waals surface area contributed by atoms with Crippen molar-refractivity contribution < 1.29 is 8.42 Å². The molecule has 0 saturated heterocycles. The summed E-state index contributed by atoms with van der Waals surface area (Å²) in [5.41, 5.74) is 2.04. The number of nitrogens with zero attached hydrogens (tertiary/aromatic N) is 2. The molecule has 23 heavy (non-hydrogen) atoms. The Hall–Kier alpha value is -1.66. The Bertz CT molecular complexity index is 768. The molecule has 1 aliphatic heterocycles. The molecule has 6 heteroatoms. The van der Waals surface area contributed by atoms with Gasteiger partial charge in [-0.25, -0.2) is 18.1 Å². The third-order valence-corrected chi connectivity index (χ3v) is 5.93. The first-order valence-electron chi connectivity index (χ1n) is 8.00. The Morgan fingerprint density at radius 1 is 1.35 bits per heavy atom. The van der Waals surface area contributed by atoms with E-state index in [0.29, 0.717) is 6.54 Å². The molecule has 1 aromatic carbocycles. The zero-order valence-corrected chi connectivity index (χ0v) is 14.4. The normalized spacial score (nSPS) is 19.3. The van der Waals surface area contributed by atoms with E-state index < -0.39 is 10.0 Å². The maximum absolute atomic E-state index is 12.5. The van der Waals surface area contributed by atoms with Crippen LogP contribution in [0.4, 0.5) is 0 Å². The maximum Gasteiger partial charge on any atom is 0.212 e. The molecule has 124 valence electrons. The highest BCUT2D eigenvalue weighted by Gasteiger charge is 2.25. The number of benzene rings is 1. The van der Waals surface area contributed by atoms with Crippen LogP contribution in [-0.4, -0.2) is 29.8 Å². The first-order chi connectivity index (χ1) is 10.9. The Kier molecular flexibility index (Phi) is 4.55. The zero-order valence-electron chi connectivity index (χ0n) is 13.6. The summed E-state index contributed by atoms with van der Waals surface area (Å²) in [6.07, 6.45) is 3.60. The van der Waals surface area contributed by atoms with Crippen molar-refractivity contribution >= 4 is 10.0 Å². The second-order valence-electron chi connectivity index (χ2n) is 6.40. The van der Waals surface area contributed by atoms with E-state index in [-0.39, 0.29) is 17.7 Å². The number of hydrogen-bond donors (Lipinski definition) is 1. The summed E-state index contributed by atoms with van der Waals surface area (Å²) in [7, 11) is -3.31. The van der Waals surface area contributed by atoms with Gasteiger partial charge in [-0.1, -0.05) is 37.3 Å². The van der Waals surface area contributed by atoms with Crippen molar-refractivity contribution in [1.29, 1.82) is 0 Å². The Labute approximate surface area is 137 Å². The number of imidazole rings is 1. The summed E-state index contributed by atoms with van der Waals surface area (Å²) in [5.74, 6) is 1.14. The van der Waals surface area contributed by atoms with Gasteiger partial charge in [0.2, 0.25) is 10.0 Å². The monoisotopic (exact) mass is 333 g/mol. The number of aromatic nitrogens is 2. The summed E-state index contributed by atoms with van der Waals surface area (Å²) in [6, 6.07) is 9.72. The Balaban J connectivity index is 1.63. The van der Waals surface area contributed by atoms with E-state index in [4.69, 9.17) is 0 Å². The van der Waals surface area contributed by atoms with Gasteiger partial charge < -0.3 is 4.57 Å². The van der Waals surface area contributed by atoms with E-state index in [1.54, 1.807) is 0 Å². The molecule has 2 atom stereocenters. The van der Waals surface area contributed by atoms with Crippen LogP contribution >= 0.6 is 0 Å². The van der Waals surface area contributed by atoms with Crippen molar-refractivity contribution in [3.05, 3.63) is 53.6 Å². The van der Waals surface area contributed by atoms with E-state index in [2.05, 4.69) is 14.3 Å². The minimum Gasteiger partial charge on any atom is -0.333 e. The van der Waals surface area contributed by atoms with Crippen LogP contribution in [0.2, 0.25) is 0 Å². The van der Waals surface area contributed by atoms with Gasteiger partial charge >= 0.3 is 0 Å².